The first kappa shape index (κ1) is 14.0. The number of hydrogen-bond donors (Lipinski definition) is 2. The molecule has 1 fully saturated rings. The summed E-state index contributed by atoms with van der Waals surface area (Å²) in [5.41, 5.74) is -0.393. The van der Waals surface area contributed by atoms with E-state index in [1.54, 1.807) is 0 Å². The van der Waals surface area contributed by atoms with Crippen molar-refractivity contribution < 1.29 is 5.11 Å². The SMILES string of the molecule is CC(C)CCCCNCC1(O)CCCCC1. The van der Waals surface area contributed by atoms with Crippen LogP contribution in [-0.2, 0) is 0 Å². The molecule has 0 aliphatic heterocycles. The van der Waals surface area contributed by atoms with Crippen molar-refractivity contribution in [1.29, 1.82) is 0 Å². The van der Waals surface area contributed by atoms with Gasteiger partial charge in [0.25, 0.3) is 0 Å². The molecule has 0 aromatic carbocycles. The summed E-state index contributed by atoms with van der Waals surface area (Å²) in [7, 11) is 0. The summed E-state index contributed by atoms with van der Waals surface area (Å²) in [6.45, 7) is 6.42. The predicted octanol–water partition coefficient (Wildman–Crippen LogP) is 3.10. The van der Waals surface area contributed by atoms with Crippen molar-refractivity contribution in [2.24, 2.45) is 5.92 Å². The first-order chi connectivity index (χ1) is 7.62. The molecule has 0 amide bonds. The highest BCUT2D eigenvalue weighted by atomic mass is 16.3. The van der Waals surface area contributed by atoms with Crippen LogP contribution in [0, 0.1) is 5.92 Å². The normalized spacial score (nSPS) is 20.2. The van der Waals surface area contributed by atoms with Crippen LogP contribution in [0.3, 0.4) is 0 Å². The summed E-state index contributed by atoms with van der Waals surface area (Å²) < 4.78 is 0. The molecule has 96 valence electrons. The van der Waals surface area contributed by atoms with Crippen LogP contribution in [0.1, 0.15) is 65.2 Å². The van der Waals surface area contributed by atoms with Crippen molar-refractivity contribution in [1.82, 2.24) is 5.32 Å². The second-order valence-corrected chi connectivity index (χ2v) is 5.85. The highest BCUT2D eigenvalue weighted by Gasteiger charge is 2.28. The maximum atomic E-state index is 10.3. The van der Waals surface area contributed by atoms with E-state index in [4.69, 9.17) is 0 Å². The average Bonchev–Trinajstić information content (AvgIpc) is 2.24. The third-order valence-electron chi connectivity index (χ3n) is 3.62. The lowest BCUT2D eigenvalue weighted by Gasteiger charge is -2.32. The van der Waals surface area contributed by atoms with Gasteiger partial charge in [-0.2, -0.15) is 0 Å². The molecule has 1 aliphatic carbocycles. The molecule has 0 atom stereocenters. The van der Waals surface area contributed by atoms with Gasteiger partial charge in [0.2, 0.25) is 0 Å². The maximum absolute atomic E-state index is 10.3. The minimum Gasteiger partial charge on any atom is -0.389 e. The highest BCUT2D eigenvalue weighted by molar-refractivity contribution is 4.84. The van der Waals surface area contributed by atoms with Gasteiger partial charge in [-0.25, -0.2) is 0 Å². The molecule has 0 aromatic heterocycles. The second kappa shape index (κ2) is 7.29. The van der Waals surface area contributed by atoms with E-state index in [0.717, 1.165) is 31.8 Å². The van der Waals surface area contributed by atoms with Crippen LogP contribution in [0.5, 0.6) is 0 Å². The predicted molar refractivity (Wildman–Crippen MR) is 69.6 cm³/mol. The van der Waals surface area contributed by atoms with Crippen LogP contribution in [-0.4, -0.2) is 23.8 Å². The molecule has 0 spiro atoms. The molecule has 1 rings (SSSR count). The first-order valence-corrected chi connectivity index (χ1v) is 7.05. The number of nitrogens with one attached hydrogen (secondary N) is 1. The van der Waals surface area contributed by atoms with Crippen molar-refractivity contribution in [2.75, 3.05) is 13.1 Å². The Morgan fingerprint density at radius 2 is 1.81 bits per heavy atom. The second-order valence-electron chi connectivity index (χ2n) is 5.85. The van der Waals surface area contributed by atoms with Crippen LogP contribution in [0.4, 0.5) is 0 Å². The number of aliphatic hydroxyl groups is 1. The molecule has 2 N–H and O–H groups in total. The van der Waals surface area contributed by atoms with Crippen LogP contribution >= 0.6 is 0 Å². The van der Waals surface area contributed by atoms with Gasteiger partial charge in [0, 0.05) is 6.54 Å². The molecule has 16 heavy (non-hydrogen) atoms. The molecule has 0 unspecified atom stereocenters. The van der Waals surface area contributed by atoms with E-state index in [2.05, 4.69) is 19.2 Å². The minimum absolute atomic E-state index is 0.393. The van der Waals surface area contributed by atoms with Crippen LogP contribution in [0.2, 0.25) is 0 Å². The molecule has 0 aromatic rings. The fourth-order valence-electron chi connectivity index (χ4n) is 2.51. The molecule has 1 saturated carbocycles. The van der Waals surface area contributed by atoms with Gasteiger partial charge >= 0.3 is 0 Å². The zero-order valence-corrected chi connectivity index (χ0v) is 11.1. The lowest BCUT2D eigenvalue weighted by atomic mass is 9.85. The fraction of sp³-hybridized carbons (Fsp3) is 1.00. The zero-order chi connectivity index (χ0) is 11.9. The van der Waals surface area contributed by atoms with E-state index in [0.29, 0.717) is 0 Å². The Morgan fingerprint density at radius 3 is 2.44 bits per heavy atom. The Kier molecular flexibility index (Phi) is 6.37. The lowest BCUT2D eigenvalue weighted by molar-refractivity contribution is 0.00502. The van der Waals surface area contributed by atoms with E-state index in [-0.39, 0.29) is 0 Å². The quantitative estimate of drug-likeness (QED) is 0.655. The van der Waals surface area contributed by atoms with Gasteiger partial charge in [-0.15, -0.1) is 0 Å². The van der Waals surface area contributed by atoms with Gasteiger partial charge in [0.05, 0.1) is 5.60 Å². The minimum atomic E-state index is -0.393. The van der Waals surface area contributed by atoms with Crippen molar-refractivity contribution in [2.45, 2.75) is 70.8 Å². The summed E-state index contributed by atoms with van der Waals surface area (Å²) in [4.78, 5) is 0. The molecule has 0 radical (unpaired) electrons. The van der Waals surface area contributed by atoms with E-state index >= 15 is 0 Å². The summed E-state index contributed by atoms with van der Waals surface area (Å²) in [6, 6.07) is 0. The monoisotopic (exact) mass is 227 g/mol. The van der Waals surface area contributed by atoms with Gasteiger partial charge in [-0.3, -0.25) is 0 Å². The third-order valence-corrected chi connectivity index (χ3v) is 3.62. The number of unbranched alkanes of at least 4 members (excludes halogenated alkanes) is 1. The largest absolute Gasteiger partial charge is 0.389 e. The van der Waals surface area contributed by atoms with E-state index in [1.807, 2.05) is 0 Å². The van der Waals surface area contributed by atoms with E-state index in [1.165, 1.54) is 38.5 Å². The Balaban J connectivity index is 1.97. The van der Waals surface area contributed by atoms with E-state index < -0.39 is 5.60 Å². The molecule has 2 nitrogen and oxygen atoms in total. The fourth-order valence-corrected chi connectivity index (χ4v) is 2.51. The van der Waals surface area contributed by atoms with Crippen molar-refractivity contribution >= 4 is 0 Å². The molecule has 0 saturated heterocycles. The first-order valence-electron chi connectivity index (χ1n) is 7.05. The molecule has 0 bridgehead atoms. The van der Waals surface area contributed by atoms with Crippen molar-refractivity contribution in [3.8, 4) is 0 Å². The van der Waals surface area contributed by atoms with Crippen LogP contribution < -0.4 is 5.32 Å². The Morgan fingerprint density at radius 1 is 1.12 bits per heavy atom. The van der Waals surface area contributed by atoms with E-state index in [9.17, 15) is 5.11 Å². The maximum Gasteiger partial charge on any atom is 0.0771 e. The van der Waals surface area contributed by atoms with Crippen molar-refractivity contribution in [3.05, 3.63) is 0 Å². The number of hydrogen-bond acceptors (Lipinski definition) is 2. The smallest absolute Gasteiger partial charge is 0.0771 e. The summed E-state index contributed by atoms with van der Waals surface area (Å²) in [5.74, 6) is 0.822. The Hall–Kier alpha value is -0.0800. The third kappa shape index (κ3) is 5.86. The molecule has 2 heteroatoms. The zero-order valence-electron chi connectivity index (χ0n) is 11.1. The van der Waals surface area contributed by atoms with Gasteiger partial charge in [-0.1, -0.05) is 46.0 Å². The average molecular weight is 227 g/mol. The lowest BCUT2D eigenvalue weighted by Crippen LogP contribution is -2.42. The summed E-state index contributed by atoms with van der Waals surface area (Å²) in [6.07, 6.45) is 9.56. The van der Waals surface area contributed by atoms with Gasteiger partial charge in [0.1, 0.15) is 0 Å². The highest BCUT2D eigenvalue weighted by Crippen LogP contribution is 2.27. The van der Waals surface area contributed by atoms with Gasteiger partial charge in [-0.05, 0) is 31.7 Å². The number of rotatable bonds is 7. The molecular formula is C14H29NO. The summed E-state index contributed by atoms with van der Waals surface area (Å²) in [5, 5.41) is 13.7. The van der Waals surface area contributed by atoms with Crippen LogP contribution in [0.25, 0.3) is 0 Å². The molecule has 0 heterocycles. The topological polar surface area (TPSA) is 32.3 Å². The summed E-state index contributed by atoms with van der Waals surface area (Å²) >= 11 is 0. The molecule has 1 aliphatic rings. The van der Waals surface area contributed by atoms with Crippen LogP contribution in [0.15, 0.2) is 0 Å². The standard InChI is InChI=1S/C14H29NO/c1-13(2)8-4-7-11-15-12-14(16)9-5-3-6-10-14/h13,15-16H,3-12H2,1-2H3. The Bertz CT molecular complexity index is 174. The molecular weight excluding hydrogens is 198 g/mol. The van der Waals surface area contributed by atoms with Gasteiger partial charge in [0.15, 0.2) is 0 Å². The Labute approximate surface area is 101 Å². The van der Waals surface area contributed by atoms with Crippen molar-refractivity contribution in [3.63, 3.8) is 0 Å². The van der Waals surface area contributed by atoms with Gasteiger partial charge < -0.3 is 10.4 Å².